The van der Waals surface area contributed by atoms with Crippen LogP contribution in [0, 0.1) is 0 Å². The summed E-state index contributed by atoms with van der Waals surface area (Å²) in [5.41, 5.74) is 2.42. The molecule has 1 rings (SSSR count). The Morgan fingerprint density at radius 1 is 0.867 bits per heavy atom. The van der Waals surface area contributed by atoms with E-state index in [4.69, 9.17) is 0 Å². The van der Waals surface area contributed by atoms with Gasteiger partial charge in [-0.2, -0.15) is 0 Å². The third-order valence-corrected chi connectivity index (χ3v) is 3.26. The van der Waals surface area contributed by atoms with Crippen LogP contribution in [0.4, 0.5) is 0 Å². The lowest BCUT2D eigenvalue weighted by molar-refractivity contribution is 1.69. The van der Waals surface area contributed by atoms with Gasteiger partial charge in [-0.05, 0) is 31.1 Å². The lowest BCUT2D eigenvalue weighted by atomic mass is 10.1. The van der Waals surface area contributed by atoms with E-state index in [1.807, 2.05) is 38.2 Å². The van der Waals surface area contributed by atoms with Gasteiger partial charge in [-0.3, -0.25) is 0 Å². The summed E-state index contributed by atoms with van der Waals surface area (Å²) in [6.07, 6.45) is 12.1. The van der Waals surface area contributed by atoms with Gasteiger partial charge in [0, 0.05) is 9.75 Å². The van der Waals surface area contributed by atoms with E-state index in [0.29, 0.717) is 0 Å². The molecule has 78 valence electrons. The molecular formula is C14H16S. The Morgan fingerprint density at radius 2 is 1.53 bits per heavy atom. The quantitative estimate of drug-likeness (QED) is 0.656. The highest BCUT2D eigenvalue weighted by Gasteiger charge is 2.09. The molecule has 0 amide bonds. The van der Waals surface area contributed by atoms with Crippen LogP contribution in [0.15, 0.2) is 25.3 Å². The Kier molecular flexibility index (Phi) is 4.32. The predicted octanol–water partition coefficient (Wildman–Crippen LogP) is 5.10. The van der Waals surface area contributed by atoms with E-state index < -0.39 is 0 Å². The maximum Gasteiger partial charge on any atom is 0.0351 e. The van der Waals surface area contributed by atoms with Crippen molar-refractivity contribution < 1.29 is 0 Å². The van der Waals surface area contributed by atoms with Crippen molar-refractivity contribution in [2.75, 3.05) is 0 Å². The number of thiophene rings is 1. The summed E-state index contributed by atoms with van der Waals surface area (Å²) in [5.74, 6) is 0. The Labute approximate surface area is 96.0 Å². The van der Waals surface area contributed by atoms with Gasteiger partial charge in [-0.15, -0.1) is 11.3 Å². The minimum atomic E-state index is 1.20. The molecule has 0 unspecified atom stereocenters. The van der Waals surface area contributed by atoms with Crippen molar-refractivity contribution in [2.45, 2.75) is 13.8 Å². The predicted molar refractivity (Wildman–Crippen MR) is 73.9 cm³/mol. The molecule has 15 heavy (non-hydrogen) atoms. The topological polar surface area (TPSA) is 0 Å². The maximum atomic E-state index is 3.87. The summed E-state index contributed by atoms with van der Waals surface area (Å²) in [5, 5.41) is 0. The molecule has 1 aromatic heterocycles. The number of hydrogen-bond donors (Lipinski definition) is 0. The number of hydrogen-bond acceptors (Lipinski definition) is 1. The maximum absolute atomic E-state index is 3.87. The van der Waals surface area contributed by atoms with E-state index >= 15 is 0 Å². The molecule has 0 spiro atoms. The van der Waals surface area contributed by atoms with Crippen molar-refractivity contribution in [3.05, 3.63) is 46.2 Å². The summed E-state index contributed by atoms with van der Waals surface area (Å²) in [6.45, 7) is 11.8. The summed E-state index contributed by atoms with van der Waals surface area (Å²) >= 11 is 1.75. The zero-order chi connectivity index (χ0) is 11.3. The fourth-order valence-corrected chi connectivity index (χ4v) is 2.59. The average molecular weight is 216 g/mol. The normalized spacial score (nSPS) is 11.3. The minimum absolute atomic E-state index is 1.20. The van der Waals surface area contributed by atoms with E-state index in [1.54, 1.807) is 11.3 Å². The Hall–Kier alpha value is -1.34. The van der Waals surface area contributed by atoms with E-state index in [2.05, 4.69) is 25.3 Å². The zero-order valence-electron chi connectivity index (χ0n) is 9.29. The molecule has 0 nitrogen and oxygen atoms in total. The van der Waals surface area contributed by atoms with Gasteiger partial charge in [0.25, 0.3) is 0 Å². The lowest BCUT2D eigenvalue weighted by Crippen LogP contribution is -1.77. The third-order valence-electron chi connectivity index (χ3n) is 2.08. The van der Waals surface area contributed by atoms with Gasteiger partial charge in [0.05, 0.1) is 0 Å². The molecule has 0 atom stereocenters. The molecule has 1 aromatic rings. The van der Waals surface area contributed by atoms with Crippen LogP contribution in [0.5, 0.6) is 0 Å². The molecule has 0 aliphatic rings. The van der Waals surface area contributed by atoms with Gasteiger partial charge < -0.3 is 0 Å². The van der Waals surface area contributed by atoms with Gasteiger partial charge in [0.1, 0.15) is 0 Å². The van der Waals surface area contributed by atoms with Gasteiger partial charge in [0.2, 0.25) is 0 Å². The van der Waals surface area contributed by atoms with E-state index in [9.17, 15) is 0 Å². The van der Waals surface area contributed by atoms with E-state index in [1.165, 1.54) is 20.9 Å². The van der Waals surface area contributed by atoms with Crippen LogP contribution < -0.4 is 0 Å². The number of allylic oxidation sites excluding steroid dienone is 2. The standard InChI is InChI=1S/C14H16S/c1-5-9-12-11(7-3)14(10-6-2)15-13(12)8-4/h5-10H,3-4H2,1-2H3/b9-5-,10-6-. The average Bonchev–Trinajstić information content (AvgIpc) is 2.57. The van der Waals surface area contributed by atoms with Gasteiger partial charge in [0.15, 0.2) is 0 Å². The smallest absolute Gasteiger partial charge is 0.0351 e. The summed E-state index contributed by atoms with van der Waals surface area (Å²) < 4.78 is 0. The first-order valence-electron chi connectivity index (χ1n) is 4.95. The molecule has 0 fully saturated rings. The highest BCUT2D eigenvalue weighted by molar-refractivity contribution is 7.14. The SMILES string of the molecule is C=Cc1sc(/C=C\C)c(C=C)c1/C=C\C. The van der Waals surface area contributed by atoms with E-state index in [0.717, 1.165) is 0 Å². The molecule has 0 saturated carbocycles. The first-order valence-corrected chi connectivity index (χ1v) is 5.77. The molecule has 0 aliphatic heterocycles. The summed E-state index contributed by atoms with van der Waals surface area (Å²) in [6, 6.07) is 0. The third kappa shape index (κ3) is 2.37. The molecule has 0 aliphatic carbocycles. The highest BCUT2D eigenvalue weighted by Crippen LogP contribution is 2.32. The molecule has 1 heteroatoms. The van der Waals surface area contributed by atoms with Crippen molar-refractivity contribution in [1.29, 1.82) is 0 Å². The second-order valence-corrected chi connectivity index (χ2v) is 4.15. The van der Waals surface area contributed by atoms with Crippen molar-refractivity contribution in [3.8, 4) is 0 Å². The fourth-order valence-electron chi connectivity index (χ4n) is 1.47. The second kappa shape index (κ2) is 5.52. The highest BCUT2D eigenvalue weighted by atomic mass is 32.1. The van der Waals surface area contributed by atoms with Crippen LogP contribution in [-0.4, -0.2) is 0 Å². The first-order chi connectivity index (χ1) is 7.28. The van der Waals surface area contributed by atoms with Gasteiger partial charge in [-0.1, -0.05) is 43.5 Å². The molecule has 0 aromatic carbocycles. The molecule has 0 N–H and O–H groups in total. The van der Waals surface area contributed by atoms with Crippen LogP contribution in [0.3, 0.4) is 0 Å². The van der Waals surface area contributed by atoms with Crippen LogP contribution in [-0.2, 0) is 0 Å². The first kappa shape index (κ1) is 11.7. The van der Waals surface area contributed by atoms with Crippen LogP contribution >= 0.6 is 11.3 Å². The van der Waals surface area contributed by atoms with Gasteiger partial charge in [-0.25, -0.2) is 0 Å². The van der Waals surface area contributed by atoms with Gasteiger partial charge >= 0.3 is 0 Å². The fraction of sp³-hybridized carbons (Fsp3) is 0.143. The zero-order valence-corrected chi connectivity index (χ0v) is 10.1. The Morgan fingerprint density at radius 3 is 2.00 bits per heavy atom. The molecule has 1 heterocycles. The summed E-state index contributed by atoms with van der Waals surface area (Å²) in [4.78, 5) is 2.45. The van der Waals surface area contributed by atoms with Crippen molar-refractivity contribution in [3.63, 3.8) is 0 Å². The minimum Gasteiger partial charge on any atom is -0.135 e. The largest absolute Gasteiger partial charge is 0.135 e. The monoisotopic (exact) mass is 216 g/mol. The Bertz CT molecular complexity index is 417. The van der Waals surface area contributed by atoms with Crippen LogP contribution in [0.2, 0.25) is 0 Å². The second-order valence-electron chi connectivity index (χ2n) is 3.07. The molecule has 0 bridgehead atoms. The number of rotatable bonds is 4. The molecule has 0 radical (unpaired) electrons. The Balaban J connectivity index is 3.44. The van der Waals surface area contributed by atoms with Crippen molar-refractivity contribution in [2.24, 2.45) is 0 Å². The van der Waals surface area contributed by atoms with Crippen LogP contribution in [0.1, 0.15) is 34.7 Å². The lowest BCUT2D eigenvalue weighted by Gasteiger charge is -1.95. The van der Waals surface area contributed by atoms with E-state index in [-0.39, 0.29) is 0 Å². The molecular weight excluding hydrogens is 200 g/mol. The van der Waals surface area contributed by atoms with Crippen LogP contribution in [0.25, 0.3) is 24.3 Å². The molecule has 0 saturated heterocycles. The van der Waals surface area contributed by atoms with Crippen molar-refractivity contribution >= 4 is 35.6 Å². The summed E-state index contributed by atoms with van der Waals surface area (Å²) in [7, 11) is 0. The van der Waals surface area contributed by atoms with Crippen molar-refractivity contribution in [1.82, 2.24) is 0 Å².